The first-order valence-corrected chi connectivity index (χ1v) is 5.29. The first-order valence-electron chi connectivity index (χ1n) is 5.29. The van der Waals surface area contributed by atoms with E-state index in [0.717, 1.165) is 5.70 Å². The highest BCUT2D eigenvalue weighted by Crippen LogP contribution is 2.29. The van der Waals surface area contributed by atoms with Gasteiger partial charge in [0.05, 0.1) is 0 Å². The van der Waals surface area contributed by atoms with Crippen LogP contribution in [0.2, 0.25) is 0 Å². The van der Waals surface area contributed by atoms with Gasteiger partial charge in [0.15, 0.2) is 0 Å². The molecule has 1 heteroatoms. The second-order valence-electron chi connectivity index (χ2n) is 4.42. The normalized spacial score (nSPS) is 30.0. The fourth-order valence-corrected chi connectivity index (χ4v) is 1.96. The molecule has 0 saturated heterocycles. The molecule has 0 spiro atoms. The first kappa shape index (κ1) is 9.45. The lowest BCUT2D eigenvalue weighted by Gasteiger charge is -2.24. The molecule has 0 aromatic heterocycles. The second kappa shape index (κ2) is 3.56. The number of fused-ring (bicyclic) bond motifs is 1. The van der Waals surface area contributed by atoms with Crippen molar-refractivity contribution in [1.82, 2.24) is 0 Å². The Balaban J connectivity index is 2.23. The van der Waals surface area contributed by atoms with E-state index in [-0.39, 0.29) is 0 Å². The molecule has 1 heterocycles. The molecule has 2 atom stereocenters. The van der Waals surface area contributed by atoms with E-state index in [1.165, 1.54) is 5.57 Å². The number of nitrogens with zero attached hydrogens (tertiary/aromatic N) is 1. The summed E-state index contributed by atoms with van der Waals surface area (Å²) in [5.74, 6) is 1.64. The van der Waals surface area contributed by atoms with Gasteiger partial charge in [-0.25, -0.2) is 0 Å². The van der Waals surface area contributed by atoms with Gasteiger partial charge in [0.1, 0.15) is 0 Å². The number of allylic oxidation sites excluding steroid dienone is 6. The van der Waals surface area contributed by atoms with E-state index >= 15 is 0 Å². The smallest absolute Gasteiger partial charge is 0.0335 e. The van der Waals surface area contributed by atoms with Crippen LogP contribution in [0.5, 0.6) is 0 Å². The van der Waals surface area contributed by atoms with Crippen LogP contribution in [-0.4, -0.2) is 6.21 Å². The van der Waals surface area contributed by atoms with Crippen LogP contribution in [0, 0.1) is 17.8 Å². The van der Waals surface area contributed by atoms with Crippen LogP contribution in [0.25, 0.3) is 0 Å². The highest BCUT2D eigenvalue weighted by atomic mass is 14.7. The zero-order valence-corrected chi connectivity index (χ0v) is 9.07. The third-order valence-electron chi connectivity index (χ3n) is 2.89. The maximum absolute atomic E-state index is 4.37. The van der Waals surface area contributed by atoms with Crippen molar-refractivity contribution in [3.05, 3.63) is 35.6 Å². The van der Waals surface area contributed by atoms with E-state index in [1.54, 1.807) is 0 Å². The Morgan fingerprint density at radius 2 is 2.00 bits per heavy atom. The molecule has 1 aliphatic carbocycles. The number of hydrogen-bond acceptors (Lipinski definition) is 1. The Labute approximate surface area is 85.9 Å². The standard InChI is InChI=1S/C13H17N/c1-9(2)11-4-5-12-6-10(3)14-8-13(12)7-11/h4-9,12-13H,1-3H3. The van der Waals surface area contributed by atoms with Crippen molar-refractivity contribution in [2.45, 2.75) is 20.8 Å². The molecular weight excluding hydrogens is 170 g/mol. The van der Waals surface area contributed by atoms with Crippen molar-refractivity contribution in [2.75, 3.05) is 0 Å². The quantitative estimate of drug-likeness (QED) is 0.597. The molecule has 0 saturated carbocycles. The van der Waals surface area contributed by atoms with Crippen molar-refractivity contribution in [3.63, 3.8) is 0 Å². The van der Waals surface area contributed by atoms with E-state index in [4.69, 9.17) is 0 Å². The molecule has 0 amide bonds. The summed E-state index contributed by atoms with van der Waals surface area (Å²) in [5.41, 5.74) is 2.57. The molecule has 14 heavy (non-hydrogen) atoms. The summed E-state index contributed by atoms with van der Waals surface area (Å²) in [6.07, 6.45) is 11.2. The minimum absolute atomic E-state index is 0.487. The lowest BCUT2D eigenvalue weighted by atomic mass is 9.82. The van der Waals surface area contributed by atoms with Gasteiger partial charge in [-0.3, -0.25) is 4.99 Å². The van der Waals surface area contributed by atoms with Gasteiger partial charge in [-0.2, -0.15) is 0 Å². The second-order valence-corrected chi connectivity index (χ2v) is 4.42. The van der Waals surface area contributed by atoms with Crippen LogP contribution >= 0.6 is 0 Å². The number of hydrogen-bond donors (Lipinski definition) is 0. The lowest BCUT2D eigenvalue weighted by Crippen LogP contribution is -2.17. The van der Waals surface area contributed by atoms with Crippen LogP contribution in [0.15, 0.2) is 40.6 Å². The highest BCUT2D eigenvalue weighted by Gasteiger charge is 2.20. The maximum atomic E-state index is 4.37. The van der Waals surface area contributed by atoms with Crippen LogP contribution in [0.3, 0.4) is 0 Å². The predicted molar refractivity (Wildman–Crippen MR) is 61.3 cm³/mol. The van der Waals surface area contributed by atoms with Gasteiger partial charge in [-0.15, -0.1) is 0 Å². The number of rotatable bonds is 1. The van der Waals surface area contributed by atoms with Crippen molar-refractivity contribution in [3.8, 4) is 0 Å². The van der Waals surface area contributed by atoms with E-state index < -0.39 is 0 Å². The van der Waals surface area contributed by atoms with Crippen LogP contribution < -0.4 is 0 Å². The molecule has 0 N–H and O–H groups in total. The van der Waals surface area contributed by atoms with Gasteiger partial charge in [0, 0.05) is 23.7 Å². The topological polar surface area (TPSA) is 12.4 Å². The SMILES string of the molecule is CC1=CC2C=CC(C(C)C)=CC2C=N1. The Morgan fingerprint density at radius 3 is 2.71 bits per heavy atom. The molecule has 2 aliphatic rings. The van der Waals surface area contributed by atoms with Gasteiger partial charge >= 0.3 is 0 Å². The third-order valence-corrected chi connectivity index (χ3v) is 2.89. The first-order chi connectivity index (χ1) is 6.66. The summed E-state index contributed by atoms with van der Waals surface area (Å²) in [6, 6.07) is 0. The van der Waals surface area contributed by atoms with Gasteiger partial charge in [0.2, 0.25) is 0 Å². The van der Waals surface area contributed by atoms with Crippen molar-refractivity contribution in [1.29, 1.82) is 0 Å². The molecule has 0 aromatic rings. The van der Waals surface area contributed by atoms with E-state index in [9.17, 15) is 0 Å². The highest BCUT2D eigenvalue weighted by molar-refractivity contribution is 5.69. The summed E-state index contributed by atoms with van der Waals surface area (Å²) in [7, 11) is 0. The Kier molecular flexibility index (Phi) is 2.40. The lowest BCUT2D eigenvalue weighted by molar-refractivity contribution is 0.664. The summed E-state index contributed by atoms with van der Waals surface area (Å²) in [5, 5.41) is 0. The Morgan fingerprint density at radius 1 is 1.21 bits per heavy atom. The average molecular weight is 187 g/mol. The molecule has 2 unspecified atom stereocenters. The predicted octanol–water partition coefficient (Wildman–Crippen LogP) is 3.36. The molecule has 0 fully saturated rings. The van der Waals surface area contributed by atoms with E-state index in [2.05, 4.69) is 56.3 Å². The molecule has 0 aromatic carbocycles. The largest absolute Gasteiger partial charge is 0.266 e. The maximum Gasteiger partial charge on any atom is 0.0335 e. The minimum atomic E-state index is 0.487. The Bertz CT molecular complexity index is 342. The molecule has 1 aliphatic heterocycles. The Hall–Kier alpha value is -1.11. The minimum Gasteiger partial charge on any atom is -0.266 e. The fraction of sp³-hybridized carbons (Fsp3) is 0.462. The van der Waals surface area contributed by atoms with Crippen LogP contribution in [0.1, 0.15) is 20.8 Å². The van der Waals surface area contributed by atoms with Gasteiger partial charge in [-0.05, 0) is 18.4 Å². The summed E-state index contributed by atoms with van der Waals surface area (Å²) >= 11 is 0. The fourth-order valence-electron chi connectivity index (χ4n) is 1.96. The average Bonchev–Trinajstić information content (AvgIpc) is 2.16. The zero-order valence-electron chi connectivity index (χ0n) is 9.07. The van der Waals surface area contributed by atoms with E-state index in [0.29, 0.717) is 17.8 Å². The number of aliphatic imine (C=N–C) groups is 1. The van der Waals surface area contributed by atoms with E-state index in [1.807, 2.05) is 0 Å². The van der Waals surface area contributed by atoms with Gasteiger partial charge < -0.3 is 0 Å². The molecule has 2 rings (SSSR count). The summed E-state index contributed by atoms with van der Waals surface area (Å²) in [4.78, 5) is 4.37. The van der Waals surface area contributed by atoms with Crippen molar-refractivity contribution >= 4 is 6.21 Å². The molecular formula is C13H17N. The van der Waals surface area contributed by atoms with Gasteiger partial charge in [-0.1, -0.05) is 38.2 Å². The molecule has 0 bridgehead atoms. The monoisotopic (exact) mass is 187 g/mol. The molecule has 0 radical (unpaired) electrons. The van der Waals surface area contributed by atoms with Gasteiger partial charge in [0.25, 0.3) is 0 Å². The van der Waals surface area contributed by atoms with Crippen molar-refractivity contribution in [2.24, 2.45) is 22.7 Å². The molecule has 74 valence electrons. The third kappa shape index (κ3) is 1.72. The van der Waals surface area contributed by atoms with Crippen LogP contribution in [0.4, 0.5) is 0 Å². The van der Waals surface area contributed by atoms with Crippen LogP contribution in [-0.2, 0) is 0 Å². The molecule has 1 nitrogen and oxygen atoms in total. The zero-order chi connectivity index (χ0) is 10.1. The van der Waals surface area contributed by atoms with Crippen molar-refractivity contribution < 1.29 is 0 Å². The summed E-state index contributed by atoms with van der Waals surface area (Å²) in [6.45, 7) is 6.53. The summed E-state index contributed by atoms with van der Waals surface area (Å²) < 4.78 is 0.